The fraction of sp³-hybridized carbons (Fsp3) is 0.136. The number of aryl methyl sites for hydroxylation is 1. The zero-order valence-electron chi connectivity index (χ0n) is 17.0. The Kier molecular flexibility index (Phi) is 5.69. The van der Waals surface area contributed by atoms with Gasteiger partial charge in [0.25, 0.3) is 0 Å². The minimum atomic E-state index is -1.14. The molecule has 32 heavy (non-hydrogen) atoms. The van der Waals surface area contributed by atoms with Crippen LogP contribution in [-0.2, 0) is 0 Å². The number of anilines is 1. The molecule has 0 aliphatic heterocycles. The second-order valence-corrected chi connectivity index (χ2v) is 6.97. The number of primary amides is 1. The average Bonchev–Trinajstić information content (AvgIpc) is 3.19. The van der Waals surface area contributed by atoms with Crippen molar-refractivity contribution in [2.45, 2.75) is 6.92 Å². The number of nitrogens with zero attached hydrogens (tertiary/aromatic N) is 3. The van der Waals surface area contributed by atoms with Crippen molar-refractivity contribution in [2.24, 2.45) is 5.73 Å². The van der Waals surface area contributed by atoms with Gasteiger partial charge in [-0.1, -0.05) is 12.1 Å². The summed E-state index contributed by atoms with van der Waals surface area (Å²) in [6, 6.07) is 10.2. The molecule has 2 aromatic carbocycles. The molecule has 0 saturated carbocycles. The van der Waals surface area contributed by atoms with E-state index >= 15 is 0 Å². The van der Waals surface area contributed by atoms with Gasteiger partial charge in [0.15, 0.2) is 17.2 Å². The number of imidazole rings is 1. The molecule has 8 nitrogen and oxygen atoms in total. The van der Waals surface area contributed by atoms with E-state index in [2.05, 4.69) is 15.4 Å². The van der Waals surface area contributed by atoms with Crippen LogP contribution in [0.4, 0.5) is 14.5 Å². The predicted octanol–water partition coefficient (Wildman–Crippen LogP) is 3.28. The summed E-state index contributed by atoms with van der Waals surface area (Å²) in [5.74, 6) is -3.06. The fourth-order valence-corrected chi connectivity index (χ4v) is 3.29. The van der Waals surface area contributed by atoms with Crippen LogP contribution in [0.3, 0.4) is 0 Å². The second kappa shape index (κ2) is 8.60. The van der Waals surface area contributed by atoms with Crippen molar-refractivity contribution < 1.29 is 23.4 Å². The van der Waals surface area contributed by atoms with Crippen LogP contribution in [0.25, 0.3) is 16.9 Å². The van der Waals surface area contributed by atoms with Gasteiger partial charge < -0.3 is 20.9 Å². The molecule has 0 spiro atoms. The van der Waals surface area contributed by atoms with Crippen molar-refractivity contribution in [3.8, 4) is 22.9 Å². The van der Waals surface area contributed by atoms with Gasteiger partial charge in [-0.2, -0.15) is 4.39 Å². The fourth-order valence-electron chi connectivity index (χ4n) is 3.29. The number of amides is 1. The molecule has 0 unspecified atom stereocenters. The van der Waals surface area contributed by atoms with Gasteiger partial charge >= 0.3 is 0 Å². The number of carbonyl (C=O) groups excluding carboxylic acids is 1. The number of nitrogens with one attached hydrogen (secondary N) is 1. The Morgan fingerprint density at radius 2 is 2.06 bits per heavy atom. The van der Waals surface area contributed by atoms with E-state index in [0.717, 1.165) is 6.07 Å². The molecular weight excluding hydrogens is 420 g/mol. The van der Waals surface area contributed by atoms with E-state index in [0.29, 0.717) is 33.7 Å². The Balaban J connectivity index is 1.83. The smallest absolute Gasteiger partial charge is 0.248 e. The number of ether oxygens (including phenoxy) is 1. The number of aromatic nitrogens is 3. The van der Waals surface area contributed by atoms with Crippen LogP contribution in [0, 0.1) is 18.6 Å². The number of carbonyl (C=O) groups is 1. The normalized spacial score (nSPS) is 11.0. The summed E-state index contributed by atoms with van der Waals surface area (Å²) in [5, 5.41) is 16.6. The molecule has 1 amide bonds. The van der Waals surface area contributed by atoms with E-state index in [9.17, 15) is 18.7 Å². The largest absolute Gasteiger partial charge is 0.434 e. The van der Waals surface area contributed by atoms with Gasteiger partial charge in [0, 0.05) is 23.7 Å². The van der Waals surface area contributed by atoms with E-state index in [1.54, 1.807) is 31.3 Å². The quantitative estimate of drug-likeness (QED) is 0.407. The highest BCUT2D eigenvalue weighted by Crippen LogP contribution is 2.30. The zero-order valence-corrected chi connectivity index (χ0v) is 17.0. The Morgan fingerprint density at radius 3 is 2.78 bits per heavy atom. The number of hydrogen-bond donors (Lipinski definition) is 3. The SMILES string of the molecule is Cc1cc(-c2cnc3c(NCCO)cc(Oc4cccc(F)c4F)nn23)ccc1C(N)=O. The maximum absolute atomic E-state index is 14.1. The third-order valence-electron chi connectivity index (χ3n) is 4.79. The van der Waals surface area contributed by atoms with Gasteiger partial charge in [0.1, 0.15) is 0 Å². The van der Waals surface area contributed by atoms with Crippen LogP contribution in [-0.4, -0.2) is 38.8 Å². The number of hydrogen-bond acceptors (Lipinski definition) is 6. The Bertz CT molecular complexity index is 1320. The van der Waals surface area contributed by atoms with Crippen LogP contribution in [0.5, 0.6) is 11.6 Å². The first-order valence-corrected chi connectivity index (χ1v) is 9.65. The number of nitrogens with two attached hydrogens (primary N) is 1. The standard InChI is InChI=1S/C22H19F2N5O3/c1-12-9-13(5-6-14(12)21(25)31)17-11-27-22-16(26-7-8-30)10-19(28-29(17)22)32-18-4-2-3-15(23)20(18)24/h2-6,9-11,26,30H,7-8H2,1H3,(H2,25,31). The molecule has 164 valence electrons. The van der Waals surface area contributed by atoms with Crippen molar-refractivity contribution in [3.63, 3.8) is 0 Å². The predicted molar refractivity (Wildman–Crippen MR) is 114 cm³/mol. The molecule has 4 N–H and O–H groups in total. The monoisotopic (exact) mass is 439 g/mol. The van der Waals surface area contributed by atoms with Crippen LogP contribution in [0.1, 0.15) is 15.9 Å². The number of rotatable bonds is 7. The molecule has 0 fully saturated rings. The minimum absolute atomic E-state index is 0.0211. The maximum Gasteiger partial charge on any atom is 0.248 e. The number of fused-ring (bicyclic) bond motifs is 1. The third kappa shape index (κ3) is 3.95. The van der Waals surface area contributed by atoms with E-state index in [-0.39, 0.29) is 24.8 Å². The molecule has 2 aromatic heterocycles. The van der Waals surface area contributed by atoms with Crippen molar-refractivity contribution in [2.75, 3.05) is 18.5 Å². The topological polar surface area (TPSA) is 115 Å². The van der Waals surface area contributed by atoms with Crippen LogP contribution < -0.4 is 15.8 Å². The minimum Gasteiger partial charge on any atom is -0.434 e. The molecule has 0 aliphatic rings. The summed E-state index contributed by atoms with van der Waals surface area (Å²) >= 11 is 0. The summed E-state index contributed by atoms with van der Waals surface area (Å²) in [5.41, 5.74) is 8.63. The summed E-state index contributed by atoms with van der Waals surface area (Å²) in [6.45, 7) is 1.85. The lowest BCUT2D eigenvalue weighted by atomic mass is 10.0. The summed E-state index contributed by atoms with van der Waals surface area (Å²) < 4.78 is 34.7. The molecule has 10 heteroatoms. The highest BCUT2D eigenvalue weighted by molar-refractivity contribution is 5.94. The van der Waals surface area contributed by atoms with Crippen molar-refractivity contribution in [3.05, 3.63) is 71.4 Å². The van der Waals surface area contributed by atoms with Gasteiger partial charge in [-0.25, -0.2) is 13.9 Å². The Hall–Kier alpha value is -4.05. The molecule has 4 aromatic rings. The maximum atomic E-state index is 14.1. The van der Waals surface area contributed by atoms with Crippen LogP contribution >= 0.6 is 0 Å². The first-order chi connectivity index (χ1) is 15.4. The van der Waals surface area contributed by atoms with Crippen molar-refractivity contribution >= 4 is 17.2 Å². The highest BCUT2D eigenvalue weighted by atomic mass is 19.2. The third-order valence-corrected chi connectivity index (χ3v) is 4.79. The number of halogens is 2. The molecule has 0 bridgehead atoms. The van der Waals surface area contributed by atoms with Crippen LogP contribution in [0.15, 0.2) is 48.7 Å². The average molecular weight is 439 g/mol. The molecular formula is C22H19F2N5O3. The first kappa shape index (κ1) is 21.2. The van der Waals surface area contributed by atoms with Crippen molar-refractivity contribution in [1.82, 2.24) is 14.6 Å². The highest BCUT2D eigenvalue weighted by Gasteiger charge is 2.17. The van der Waals surface area contributed by atoms with E-state index in [4.69, 9.17) is 10.5 Å². The summed E-state index contributed by atoms with van der Waals surface area (Å²) in [6.07, 6.45) is 1.58. The number of aliphatic hydroxyl groups excluding tert-OH is 1. The first-order valence-electron chi connectivity index (χ1n) is 9.65. The number of benzene rings is 2. The van der Waals surface area contributed by atoms with E-state index in [1.165, 1.54) is 22.7 Å². The van der Waals surface area contributed by atoms with Gasteiger partial charge in [-0.3, -0.25) is 4.79 Å². The molecule has 0 radical (unpaired) electrons. The van der Waals surface area contributed by atoms with E-state index < -0.39 is 17.5 Å². The van der Waals surface area contributed by atoms with Crippen molar-refractivity contribution in [1.29, 1.82) is 0 Å². The van der Waals surface area contributed by atoms with Gasteiger partial charge in [-0.15, -0.1) is 5.10 Å². The summed E-state index contributed by atoms with van der Waals surface area (Å²) in [4.78, 5) is 15.9. The zero-order chi connectivity index (χ0) is 22.8. The Morgan fingerprint density at radius 1 is 1.25 bits per heavy atom. The Labute approximate surface area is 181 Å². The van der Waals surface area contributed by atoms with Gasteiger partial charge in [-0.05, 0) is 36.8 Å². The molecule has 4 rings (SSSR count). The lowest BCUT2D eigenvalue weighted by Gasteiger charge is -2.12. The summed E-state index contributed by atoms with van der Waals surface area (Å²) in [7, 11) is 0. The van der Waals surface area contributed by atoms with Gasteiger partial charge in [0.05, 0.1) is 24.2 Å². The number of aliphatic hydroxyl groups is 1. The van der Waals surface area contributed by atoms with E-state index in [1.807, 2.05) is 0 Å². The molecule has 0 atom stereocenters. The molecule has 2 heterocycles. The molecule has 0 aliphatic carbocycles. The lowest BCUT2D eigenvalue weighted by Crippen LogP contribution is -2.12. The lowest BCUT2D eigenvalue weighted by molar-refractivity contribution is 0.0999. The van der Waals surface area contributed by atoms with Crippen LogP contribution in [0.2, 0.25) is 0 Å². The van der Waals surface area contributed by atoms with Gasteiger partial charge in [0.2, 0.25) is 17.6 Å². The molecule has 0 saturated heterocycles. The second-order valence-electron chi connectivity index (χ2n) is 6.97.